The Balaban J connectivity index is 1.87. The predicted octanol–water partition coefficient (Wildman–Crippen LogP) is 4.73. The van der Waals surface area contributed by atoms with Crippen molar-refractivity contribution in [1.82, 2.24) is 4.90 Å². The standard InChI is InChI=1S/C17H13F4NOS/c18-14-6-4-11(5-7-14)16-22(8-9-24-16)15(23)12-2-1-3-13(10-12)17(19,20)21/h1-7,10,16H,8-9H2/t16-/m1/s1. The number of hydrogen-bond donors (Lipinski definition) is 0. The predicted molar refractivity (Wildman–Crippen MR) is 84.1 cm³/mol. The number of carbonyl (C=O) groups is 1. The Labute approximate surface area is 140 Å². The van der Waals surface area contributed by atoms with Crippen LogP contribution in [0.5, 0.6) is 0 Å². The van der Waals surface area contributed by atoms with Gasteiger partial charge in [-0.25, -0.2) is 4.39 Å². The summed E-state index contributed by atoms with van der Waals surface area (Å²) in [5, 5.41) is -0.326. The van der Waals surface area contributed by atoms with E-state index in [1.54, 1.807) is 12.1 Å². The maximum atomic E-state index is 13.1. The number of nitrogens with zero attached hydrogens (tertiary/aromatic N) is 1. The molecule has 0 bridgehead atoms. The van der Waals surface area contributed by atoms with Gasteiger partial charge >= 0.3 is 6.18 Å². The fraction of sp³-hybridized carbons (Fsp3) is 0.235. The molecule has 2 aromatic rings. The van der Waals surface area contributed by atoms with Crippen molar-refractivity contribution in [2.24, 2.45) is 0 Å². The monoisotopic (exact) mass is 355 g/mol. The molecule has 1 saturated heterocycles. The lowest BCUT2D eigenvalue weighted by Crippen LogP contribution is -2.30. The first kappa shape index (κ1) is 16.8. The minimum Gasteiger partial charge on any atom is -0.322 e. The highest BCUT2D eigenvalue weighted by atomic mass is 32.2. The van der Waals surface area contributed by atoms with Gasteiger partial charge in [-0.1, -0.05) is 18.2 Å². The highest BCUT2D eigenvalue weighted by Crippen LogP contribution is 2.39. The maximum absolute atomic E-state index is 13.1. The second-order valence-electron chi connectivity index (χ2n) is 5.35. The first-order valence-corrected chi connectivity index (χ1v) is 8.26. The number of rotatable bonds is 2. The molecule has 126 valence electrons. The molecule has 1 aliphatic heterocycles. The molecule has 7 heteroatoms. The van der Waals surface area contributed by atoms with Gasteiger partial charge < -0.3 is 4.90 Å². The van der Waals surface area contributed by atoms with Crippen LogP contribution in [-0.2, 0) is 6.18 Å². The highest BCUT2D eigenvalue weighted by Gasteiger charge is 2.34. The zero-order chi connectivity index (χ0) is 17.3. The molecule has 0 spiro atoms. The van der Waals surface area contributed by atoms with Crippen LogP contribution in [0.15, 0.2) is 48.5 Å². The summed E-state index contributed by atoms with van der Waals surface area (Å²) in [6.07, 6.45) is -4.49. The molecule has 0 aromatic heterocycles. The minimum atomic E-state index is -4.49. The van der Waals surface area contributed by atoms with E-state index in [0.717, 1.165) is 17.7 Å². The van der Waals surface area contributed by atoms with Crippen molar-refractivity contribution in [3.8, 4) is 0 Å². The number of halogens is 4. The summed E-state index contributed by atoms with van der Waals surface area (Å²) in [4.78, 5) is 14.2. The molecule has 0 saturated carbocycles. The van der Waals surface area contributed by atoms with E-state index in [9.17, 15) is 22.4 Å². The van der Waals surface area contributed by atoms with E-state index in [1.165, 1.54) is 40.9 Å². The van der Waals surface area contributed by atoms with Crippen molar-refractivity contribution in [1.29, 1.82) is 0 Å². The van der Waals surface area contributed by atoms with E-state index in [0.29, 0.717) is 12.3 Å². The summed E-state index contributed by atoms with van der Waals surface area (Å²) in [5.74, 6) is -0.162. The lowest BCUT2D eigenvalue weighted by Gasteiger charge is -2.24. The Hall–Kier alpha value is -2.02. The third-order valence-electron chi connectivity index (χ3n) is 3.74. The fourth-order valence-corrected chi connectivity index (χ4v) is 3.83. The molecule has 1 fully saturated rings. The van der Waals surface area contributed by atoms with E-state index in [1.807, 2.05) is 0 Å². The molecular formula is C17H13F4NOS. The van der Waals surface area contributed by atoms with Crippen LogP contribution in [0.1, 0.15) is 26.9 Å². The number of benzene rings is 2. The van der Waals surface area contributed by atoms with Crippen molar-refractivity contribution >= 4 is 17.7 Å². The third kappa shape index (κ3) is 3.40. The molecule has 0 unspecified atom stereocenters. The highest BCUT2D eigenvalue weighted by molar-refractivity contribution is 7.99. The van der Waals surface area contributed by atoms with Gasteiger partial charge in [0.1, 0.15) is 11.2 Å². The van der Waals surface area contributed by atoms with Gasteiger partial charge in [-0.3, -0.25) is 4.79 Å². The van der Waals surface area contributed by atoms with Crippen LogP contribution in [0, 0.1) is 5.82 Å². The number of carbonyl (C=O) groups excluding carboxylic acids is 1. The van der Waals surface area contributed by atoms with Crippen molar-refractivity contribution in [2.75, 3.05) is 12.3 Å². The van der Waals surface area contributed by atoms with Crippen LogP contribution in [0.25, 0.3) is 0 Å². The van der Waals surface area contributed by atoms with Crippen LogP contribution >= 0.6 is 11.8 Å². The zero-order valence-corrected chi connectivity index (χ0v) is 13.2. The molecule has 0 radical (unpaired) electrons. The first-order valence-electron chi connectivity index (χ1n) is 7.21. The molecule has 3 rings (SSSR count). The Morgan fingerprint density at radius 2 is 1.83 bits per heavy atom. The molecule has 0 aliphatic carbocycles. The summed E-state index contributed by atoms with van der Waals surface area (Å²) in [5.41, 5.74) is -0.0998. The molecular weight excluding hydrogens is 342 g/mol. The van der Waals surface area contributed by atoms with Crippen LogP contribution in [-0.4, -0.2) is 23.1 Å². The second-order valence-corrected chi connectivity index (χ2v) is 6.54. The van der Waals surface area contributed by atoms with Gasteiger partial charge in [-0.15, -0.1) is 11.8 Å². The molecule has 0 N–H and O–H groups in total. The molecule has 1 aliphatic rings. The Morgan fingerprint density at radius 1 is 1.12 bits per heavy atom. The number of amides is 1. The summed E-state index contributed by atoms with van der Waals surface area (Å²) >= 11 is 1.50. The fourth-order valence-electron chi connectivity index (χ4n) is 2.58. The number of hydrogen-bond acceptors (Lipinski definition) is 2. The van der Waals surface area contributed by atoms with Gasteiger partial charge in [0, 0.05) is 17.9 Å². The molecule has 1 atom stereocenters. The van der Waals surface area contributed by atoms with Gasteiger partial charge in [-0.2, -0.15) is 13.2 Å². The zero-order valence-electron chi connectivity index (χ0n) is 12.4. The summed E-state index contributed by atoms with van der Waals surface area (Å²) in [7, 11) is 0. The van der Waals surface area contributed by atoms with E-state index in [2.05, 4.69) is 0 Å². The van der Waals surface area contributed by atoms with E-state index < -0.39 is 17.6 Å². The van der Waals surface area contributed by atoms with Crippen molar-refractivity contribution < 1.29 is 22.4 Å². The number of thioether (sulfide) groups is 1. The van der Waals surface area contributed by atoms with Crippen LogP contribution in [0.2, 0.25) is 0 Å². The normalized spacial score (nSPS) is 18.0. The van der Waals surface area contributed by atoms with Crippen LogP contribution < -0.4 is 0 Å². The topological polar surface area (TPSA) is 20.3 Å². The van der Waals surface area contributed by atoms with Gasteiger partial charge in [0.15, 0.2) is 0 Å². The largest absolute Gasteiger partial charge is 0.416 e. The van der Waals surface area contributed by atoms with E-state index >= 15 is 0 Å². The number of alkyl halides is 3. The first-order chi connectivity index (χ1) is 11.4. The molecule has 1 amide bonds. The van der Waals surface area contributed by atoms with Crippen LogP contribution in [0.3, 0.4) is 0 Å². The average Bonchev–Trinajstić information content (AvgIpc) is 3.04. The molecule has 2 nitrogen and oxygen atoms in total. The quantitative estimate of drug-likeness (QED) is 0.726. The lowest BCUT2D eigenvalue weighted by atomic mass is 10.1. The SMILES string of the molecule is O=C(c1cccc(C(F)(F)F)c1)N1CCS[C@@H]1c1ccc(F)cc1. The Kier molecular flexibility index (Phi) is 4.54. The summed E-state index contributed by atoms with van der Waals surface area (Å²) in [6.45, 7) is 0.432. The van der Waals surface area contributed by atoms with E-state index in [4.69, 9.17) is 0 Å². The Morgan fingerprint density at radius 3 is 2.50 bits per heavy atom. The molecule has 1 heterocycles. The molecule has 24 heavy (non-hydrogen) atoms. The van der Waals surface area contributed by atoms with Crippen molar-refractivity contribution in [3.05, 3.63) is 71.0 Å². The second kappa shape index (κ2) is 6.47. The summed E-state index contributed by atoms with van der Waals surface area (Å²) < 4.78 is 51.5. The smallest absolute Gasteiger partial charge is 0.322 e. The van der Waals surface area contributed by atoms with Crippen molar-refractivity contribution in [3.63, 3.8) is 0 Å². The summed E-state index contributed by atoms with van der Waals surface area (Å²) in [6, 6.07) is 10.2. The Bertz CT molecular complexity index is 745. The lowest BCUT2D eigenvalue weighted by molar-refractivity contribution is -0.137. The van der Waals surface area contributed by atoms with Crippen molar-refractivity contribution in [2.45, 2.75) is 11.6 Å². The van der Waals surface area contributed by atoms with Gasteiger partial charge in [-0.05, 0) is 35.9 Å². The van der Waals surface area contributed by atoms with E-state index in [-0.39, 0.29) is 16.8 Å². The third-order valence-corrected chi connectivity index (χ3v) is 5.00. The van der Waals surface area contributed by atoms with Crippen LogP contribution in [0.4, 0.5) is 17.6 Å². The van der Waals surface area contributed by atoms with Gasteiger partial charge in [0.2, 0.25) is 0 Å². The van der Waals surface area contributed by atoms with Gasteiger partial charge in [0.05, 0.1) is 5.56 Å². The maximum Gasteiger partial charge on any atom is 0.416 e. The molecule has 2 aromatic carbocycles. The minimum absolute atomic E-state index is 0.000522. The average molecular weight is 355 g/mol. The van der Waals surface area contributed by atoms with Gasteiger partial charge in [0.25, 0.3) is 5.91 Å².